The lowest BCUT2D eigenvalue weighted by Crippen LogP contribution is -2.50. The number of rotatable bonds is 2. The molecule has 0 radical (unpaired) electrons. The SMILES string of the molecule is CCC1(CC)OCC2(CCC[C@@H](C)C2)CO1. The van der Waals surface area contributed by atoms with E-state index in [1.807, 2.05) is 0 Å². The summed E-state index contributed by atoms with van der Waals surface area (Å²) < 4.78 is 12.2. The molecule has 2 rings (SSSR count). The summed E-state index contributed by atoms with van der Waals surface area (Å²) in [6.45, 7) is 8.51. The van der Waals surface area contributed by atoms with E-state index in [1.165, 1.54) is 25.7 Å². The van der Waals surface area contributed by atoms with Crippen LogP contribution in [0.2, 0.25) is 0 Å². The van der Waals surface area contributed by atoms with Gasteiger partial charge in [0.05, 0.1) is 13.2 Å². The minimum atomic E-state index is -0.272. The minimum absolute atomic E-state index is 0.272. The molecular formula is C14H26O2. The van der Waals surface area contributed by atoms with Crippen LogP contribution in [-0.4, -0.2) is 19.0 Å². The standard InChI is InChI=1S/C14H26O2/c1-4-14(5-2)15-10-13(11-16-14)8-6-7-12(3)9-13/h12H,4-11H2,1-3H3/t12-/m1/s1. The fourth-order valence-electron chi connectivity index (χ4n) is 3.34. The van der Waals surface area contributed by atoms with Crippen LogP contribution in [0.1, 0.15) is 59.3 Å². The van der Waals surface area contributed by atoms with Crippen molar-refractivity contribution in [1.29, 1.82) is 0 Å². The van der Waals surface area contributed by atoms with Crippen molar-refractivity contribution in [3.63, 3.8) is 0 Å². The highest BCUT2D eigenvalue weighted by Crippen LogP contribution is 2.44. The van der Waals surface area contributed by atoms with Gasteiger partial charge in [-0.25, -0.2) is 0 Å². The van der Waals surface area contributed by atoms with Gasteiger partial charge in [0, 0.05) is 5.41 Å². The predicted octanol–water partition coefficient (Wildman–Crippen LogP) is 3.75. The predicted molar refractivity (Wildman–Crippen MR) is 65.3 cm³/mol. The largest absolute Gasteiger partial charge is 0.349 e. The summed E-state index contributed by atoms with van der Waals surface area (Å²) in [6, 6.07) is 0. The molecule has 0 aromatic rings. The van der Waals surface area contributed by atoms with Gasteiger partial charge >= 0.3 is 0 Å². The van der Waals surface area contributed by atoms with Crippen LogP contribution < -0.4 is 0 Å². The first kappa shape index (κ1) is 12.4. The molecule has 0 N–H and O–H groups in total. The first-order chi connectivity index (χ1) is 7.64. The first-order valence-corrected chi connectivity index (χ1v) is 6.91. The van der Waals surface area contributed by atoms with Gasteiger partial charge in [0.1, 0.15) is 0 Å². The maximum absolute atomic E-state index is 6.08. The molecule has 94 valence electrons. The average molecular weight is 226 g/mol. The molecule has 1 aliphatic heterocycles. The fourth-order valence-corrected chi connectivity index (χ4v) is 3.34. The average Bonchev–Trinajstić information content (AvgIpc) is 2.31. The summed E-state index contributed by atoms with van der Waals surface area (Å²) in [4.78, 5) is 0. The molecule has 0 bridgehead atoms. The molecule has 0 aromatic carbocycles. The van der Waals surface area contributed by atoms with E-state index in [0.29, 0.717) is 5.41 Å². The van der Waals surface area contributed by atoms with Crippen LogP contribution in [0.3, 0.4) is 0 Å². The van der Waals surface area contributed by atoms with E-state index in [1.54, 1.807) is 0 Å². The van der Waals surface area contributed by atoms with E-state index in [9.17, 15) is 0 Å². The molecule has 0 aromatic heterocycles. The minimum Gasteiger partial charge on any atom is -0.349 e. The van der Waals surface area contributed by atoms with Crippen molar-refractivity contribution in [2.45, 2.75) is 65.1 Å². The molecule has 1 atom stereocenters. The third kappa shape index (κ3) is 2.28. The van der Waals surface area contributed by atoms with Crippen LogP contribution in [0.25, 0.3) is 0 Å². The van der Waals surface area contributed by atoms with E-state index in [-0.39, 0.29) is 5.79 Å². The first-order valence-electron chi connectivity index (χ1n) is 6.91. The van der Waals surface area contributed by atoms with Crippen LogP contribution in [0.4, 0.5) is 0 Å². The Morgan fingerprint density at radius 2 is 1.75 bits per heavy atom. The molecule has 1 saturated heterocycles. The molecule has 0 unspecified atom stereocenters. The summed E-state index contributed by atoms with van der Waals surface area (Å²) in [5, 5.41) is 0. The van der Waals surface area contributed by atoms with Crippen LogP contribution in [0.5, 0.6) is 0 Å². The van der Waals surface area contributed by atoms with Crippen LogP contribution >= 0.6 is 0 Å². The lowest BCUT2D eigenvalue weighted by Gasteiger charge is -2.48. The molecule has 1 aliphatic carbocycles. The highest BCUT2D eigenvalue weighted by atomic mass is 16.7. The topological polar surface area (TPSA) is 18.5 Å². The molecule has 1 saturated carbocycles. The highest BCUT2D eigenvalue weighted by molar-refractivity contribution is 4.89. The van der Waals surface area contributed by atoms with Crippen LogP contribution in [0.15, 0.2) is 0 Å². The molecule has 2 nitrogen and oxygen atoms in total. The van der Waals surface area contributed by atoms with E-state index in [0.717, 1.165) is 32.0 Å². The molecule has 2 fully saturated rings. The molecule has 2 aliphatic rings. The van der Waals surface area contributed by atoms with Gasteiger partial charge in [-0.2, -0.15) is 0 Å². The summed E-state index contributed by atoms with van der Waals surface area (Å²) in [5.41, 5.74) is 0.339. The van der Waals surface area contributed by atoms with Gasteiger partial charge in [0.25, 0.3) is 0 Å². The van der Waals surface area contributed by atoms with E-state index in [4.69, 9.17) is 9.47 Å². The van der Waals surface area contributed by atoms with Gasteiger partial charge in [-0.05, 0) is 31.6 Å². The molecule has 1 heterocycles. The third-order valence-electron chi connectivity index (χ3n) is 4.55. The monoisotopic (exact) mass is 226 g/mol. The van der Waals surface area contributed by atoms with Crippen molar-refractivity contribution in [2.24, 2.45) is 11.3 Å². The Morgan fingerprint density at radius 1 is 1.12 bits per heavy atom. The van der Waals surface area contributed by atoms with E-state index < -0.39 is 0 Å². The van der Waals surface area contributed by atoms with Crippen LogP contribution in [-0.2, 0) is 9.47 Å². The quantitative estimate of drug-likeness (QED) is 0.714. The third-order valence-corrected chi connectivity index (χ3v) is 4.55. The van der Waals surface area contributed by atoms with Crippen LogP contribution in [0, 0.1) is 11.3 Å². The Hall–Kier alpha value is -0.0800. The smallest absolute Gasteiger partial charge is 0.167 e. The summed E-state index contributed by atoms with van der Waals surface area (Å²) in [7, 11) is 0. The van der Waals surface area contributed by atoms with Gasteiger partial charge < -0.3 is 9.47 Å². The Bertz CT molecular complexity index is 223. The Balaban J connectivity index is 1.97. The van der Waals surface area contributed by atoms with Gasteiger partial charge in [-0.3, -0.25) is 0 Å². The zero-order valence-electron chi connectivity index (χ0n) is 11.1. The normalized spacial score (nSPS) is 32.8. The summed E-state index contributed by atoms with van der Waals surface area (Å²) in [6.07, 6.45) is 7.25. The second-order valence-electron chi connectivity index (χ2n) is 5.90. The van der Waals surface area contributed by atoms with Crippen molar-refractivity contribution in [3.8, 4) is 0 Å². The van der Waals surface area contributed by atoms with Gasteiger partial charge in [0.15, 0.2) is 5.79 Å². The fraction of sp³-hybridized carbons (Fsp3) is 1.00. The second-order valence-corrected chi connectivity index (χ2v) is 5.90. The van der Waals surface area contributed by atoms with Gasteiger partial charge in [-0.1, -0.05) is 33.6 Å². The Morgan fingerprint density at radius 3 is 2.25 bits per heavy atom. The summed E-state index contributed by atoms with van der Waals surface area (Å²) >= 11 is 0. The Kier molecular flexibility index (Phi) is 3.60. The van der Waals surface area contributed by atoms with Crippen molar-refractivity contribution in [3.05, 3.63) is 0 Å². The van der Waals surface area contributed by atoms with E-state index >= 15 is 0 Å². The van der Waals surface area contributed by atoms with Gasteiger partial charge in [-0.15, -0.1) is 0 Å². The lowest BCUT2D eigenvalue weighted by atomic mass is 9.70. The molecular weight excluding hydrogens is 200 g/mol. The molecule has 1 spiro atoms. The zero-order valence-corrected chi connectivity index (χ0v) is 11.1. The number of hydrogen-bond acceptors (Lipinski definition) is 2. The van der Waals surface area contributed by atoms with Gasteiger partial charge in [0.2, 0.25) is 0 Å². The molecule has 0 amide bonds. The van der Waals surface area contributed by atoms with Crippen molar-refractivity contribution < 1.29 is 9.47 Å². The van der Waals surface area contributed by atoms with E-state index in [2.05, 4.69) is 20.8 Å². The van der Waals surface area contributed by atoms with Crippen molar-refractivity contribution in [2.75, 3.05) is 13.2 Å². The maximum Gasteiger partial charge on any atom is 0.167 e. The summed E-state index contributed by atoms with van der Waals surface area (Å²) in [5.74, 6) is 0.572. The highest BCUT2D eigenvalue weighted by Gasteiger charge is 2.44. The molecule has 16 heavy (non-hydrogen) atoms. The maximum atomic E-state index is 6.08. The Labute approximate surface area is 99.7 Å². The second kappa shape index (κ2) is 4.66. The van der Waals surface area contributed by atoms with Crippen molar-refractivity contribution in [1.82, 2.24) is 0 Å². The number of hydrogen-bond donors (Lipinski definition) is 0. The van der Waals surface area contributed by atoms with Crippen molar-refractivity contribution >= 4 is 0 Å². The lowest BCUT2D eigenvalue weighted by molar-refractivity contribution is -0.311. The zero-order chi connectivity index (χ0) is 11.6. The molecule has 2 heteroatoms. The number of ether oxygens (including phenoxy) is 2.